The zero-order chi connectivity index (χ0) is 41.2. The summed E-state index contributed by atoms with van der Waals surface area (Å²) in [7, 11) is -5.06. The minimum atomic E-state index is -5.06. The van der Waals surface area contributed by atoms with Gasteiger partial charge in [0.2, 0.25) is 13.6 Å². The molecule has 0 aliphatic carbocycles. The molecule has 1 aliphatic rings. The Hall–Kier alpha value is -3.43. The predicted molar refractivity (Wildman–Crippen MR) is 185 cm³/mol. The van der Waals surface area contributed by atoms with Crippen molar-refractivity contribution in [3.63, 3.8) is 0 Å². The van der Waals surface area contributed by atoms with Crippen LogP contribution in [0.2, 0.25) is 0 Å². The molecule has 2 heterocycles. The number of esters is 1. The highest BCUT2D eigenvalue weighted by Crippen LogP contribution is 2.54. The highest BCUT2D eigenvalue weighted by Gasteiger charge is 2.67. The zero-order valence-electron chi connectivity index (χ0n) is 32.1. The fourth-order valence-corrected chi connectivity index (χ4v) is 6.08. The highest BCUT2D eigenvalue weighted by molar-refractivity contribution is 7.48. The lowest BCUT2D eigenvalue weighted by Crippen LogP contribution is -2.59. The van der Waals surface area contributed by atoms with Gasteiger partial charge in [-0.3, -0.25) is 23.7 Å². The lowest BCUT2D eigenvalue weighted by atomic mass is 9.87. The number of aromatic nitrogens is 2. The van der Waals surface area contributed by atoms with E-state index in [-0.39, 0.29) is 5.92 Å². The molecule has 0 radical (unpaired) electrons. The molecule has 0 bridgehead atoms. The van der Waals surface area contributed by atoms with Crippen LogP contribution in [0.4, 0.5) is 14.0 Å². The van der Waals surface area contributed by atoms with Crippen LogP contribution in [0.3, 0.4) is 0 Å². The van der Waals surface area contributed by atoms with E-state index >= 15 is 4.39 Å². The van der Waals surface area contributed by atoms with Gasteiger partial charge in [0.25, 0.3) is 5.56 Å². The maximum atomic E-state index is 15.8. The average molecular weight is 801 g/mol. The van der Waals surface area contributed by atoms with E-state index in [4.69, 9.17) is 58.2 Å². The van der Waals surface area contributed by atoms with Crippen molar-refractivity contribution in [3.8, 4) is 0 Å². The molecule has 2 rings (SSSR count). The van der Waals surface area contributed by atoms with E-state index in [9.17, 15) is 28.5 Å². The second-order valence-corrected chi connectivity index (χ2v) is 15.6. The molecule has 310 valence electrons. The number of carbonyl (C=O) groups is 3. The first-order valence-corrected chi connectivity index (χ1v) is 18.6. The Morgan fingerprint density at radius 3 is 1.91 bits per heavy atom. The third kappa shape index (κ3) is 12.6. The van der Waals surface area contributed by atoms with Crippen LogP contribution in [-0.4, -0.2) is 102 Å². The summed E-state index contributed by atoms with van der Waals surface area (Å²) >= 11 is 0. The van der Waals surface area contributed by atoms with Gasteiger partial charge in [-0.25, -0.2) is 32.4 Å². The van der Waals surface area contributed by atoms with E-state index in [2.05, 4.69) is 4.98 Å². The lowest BCUT2D eigenvalue weighted by molar-refractivity contribution is -0.193. The minimum absolute atomic E-state index is 0.162. The minimum Gasteiger partial charge on any atom is -0.455 e. The summed E-state index contributed by atoms with van der Waals surface area (Å²) < 4.78 is 84.0. The third-order valence-corrected chi connectivity index (χ3v) is 9.34. The molecule has 20 nitrogen and oxygen atoms in total. The fourth-order valence-electron chi connectivity index (χ4n) is 5.11. The van der Waals surface area contributed by atoms with Gasteiger partial charge in [0.05, 0.1) is 24.9 Å². The number of nitrogens with one attached hydrogen (secondary N) is 1. The fraction of sp³-hybridized carbons (Fsp3) is 0.781. The van der Waals surface area contributed by atoms with Crippen LogP contribution in [-0.2, 0) is 56.1 Å². The number of nitrogens with zero attached hydrogens (tertiary/aromatic N) is 1. The number of rotatable bonds is 20. The number of alkyl halides is 1. The van der Waals surface area contributed by atoms with Gasteiger partial charge in [-0.05, 0) is 53.4 Å². The maximum absolute atomic E-state index is 15.8. The Labute approximate surface area is 312 Å². The summed E-state index contributed by atoms with van der Waals surface area (Å²) in [6, 6.07) is -0.922. The van der Waals surface area contributed by atoms with E-state index in [0.29, 0.717) is 0 Å². The first-order chi connectivity index (χ1) is 25.0. The highest BCUT2D eigenvalue weighted by atomic mass is 31.2. The van der Waals surface area contributed by atoms with Crippen LogP contribution < -0.4 is 22.7 Å². The molecular formula is C32H54FN4O16P. The molecule has 54 heavy (non-hydrogen) atoms. The molecule has 7 atom stereocenters. The molecule has 0 spiro atoms. The quantitative estimate of drug-likeness (QED) is 0.0740. The number of halogens is 1. The molecule has 3 unspecified atom stereocenters. The van der Waals surface area contributed by atoms with Crippen molar-refractivity contribution in [3.05, 3.63) is 33.1 Å². The van der Waals surface area contributed by atoms with Crippen molar-refractivity contribution >= 4 is 26.1 Å². The Morgan fingerprint density at radius 2 is 1.46 bits per heavy atom. The molecule has 0 amide bonds. The number of phosphoric acid groups is 1. The molecule has 1 saturated heterocycles. The van der Waals surface area contributed by atoms with Crippen LogP contribution in [0.5, 0.6) is 0 Å². The molecule has 1 aromatic heterocycles. The van der Waals surface area contributed by atoms with Crippen molar-refractivity contribution in [1.29, 1.82) is 0 Å². The van der Waals surface area contributed by atoms with Gasteiger partial charge in [0.1, 0.15) is 12.7 Å². The summed E-state index contributed by atoms with van der Waals surface area (Å²) in [5.74, 6) is -1.67. The number of carbonyl (C=O) groups excluding carboxylic acids is 3. The monoisotopic (exact) mass is 800 g/mol. The normalized spacial score (nSPS) is 23.4. The molecule has 1 fully saturated rings. The molecule has 0 aromatic carbocycles. The number of H-pyrrole nitrogens is 1. The van der Waals surface area contributed by atoms with E-state index in [1.807, 2.05) is 13.8 Å². The van der Waals surface area contributed by atoms with Crippen molar-refractivity contribution < 1.29 is 70.1 Å². The van der Waals surface area contributed by atoms with E-state index in [1.165, 1.54) is 34.6 Å². The Balaban J connectivity index is 2.69. The van der Waals surface area contributed by atoms with Gasteiger partial charge in [0, 0.05) is 18.3 Å². The smallest absolute Gasteiger partial charge is 0.455 e. The van der Waals surface area contributed by atoms with Gasteiger partial charge in [-0.1, -0.05) is 27.7 Å². The summed E-state index contributed by atoms with van der Waals surface area (Å²) in [6.07, 6.45) is -7.04. The molecule has 22 heteroatoms. The predicted octanol–water partition coefficient (Wildman–Crippen LogP) is 3.01. The van der Waals surface area contributed by atoms with Gasteiger partial charge in [-0.15, -0.1) is 0 Å². The first-order valence-electron chi connectivity index (χ1n) is 17.2. The summed E-state index contributed by atoms with van der Waals surface area (Å²) in [5.41, 5.74) is 6.18. The zero-order valence-corrected chi connectivity index (χ0v) is 33.0. The van der Waals surface area contributed by atoms with Crippen LogP contribution in [0.1, 0.15) is 75.5 Å². The summed E-state index contributed by atoms with van der Waals surface area (Å²) in [4.78, 5) is 64.6. The van der Waals surface area contributed by atoms with Gasteiger partial charge < -0.3 is 44.6 Å². The van der Waals surface area contributed by atoms with Gasteiger partial charge in [0.15, 0.2) is 23.5 Å². The van der Waals surface area contributed by atoms with Gasteiger partial charge >= 0.3 is 31.8 Å². The van der Waals surface area contributed by atoms with E-state index < -0.39 is 124 Å². The maximum Gasteiger partial charge on any atom is 0.510 e. The molecule has 1 aliphatic heterocycles. The van der Waals surface area contributed by atoms with Crippen molar-refractivity contribution in [2.45, 2.75) is 123 Å². The summed E-state index contributed by atoms with van der Waals surface area (Å²) in [5, 5.41) is 0. The molecule has 5 N–H and O–H groups in total. The van der Waals surface area contributed by atoms with Crippen LogP contribution in [0.15, 0.2) is 21.9 Å². The second kappa shape index (κ2) is 19.9. The molecule has 1 aromatic rings. The van der Waals surface area contributed by atoms with Gasteiger partial charge in [-0.2, -0.15) is 0 Å². The number of aromatic amines is 1. The number of ether oxygens (including phenoxy) is 7. The largest absolute Gasteiger partial charge is 0.510 e. The van der Waals surface area contributed by atoms with E-state index in [1.54, 1.807) is 20.8 Å². The summed E-state index contributed by atoms with van der Waals surface area (Å²) in [6.45, 7) is 11.0. The average Bonchev–Trinajstić information content (AvgIpc) is 3.29. The number of hydrogen-bond donors (Lipinski definition) is 3. The lowest BCUT2D eigenvalue weighted by Gasteiger charge is -2.41. The molecule has 0 saturated carbocycles. The number of nitrogens with two attached hydrogens (primary N) is 2. The van der Waals surface area contributed by atoms with Crippen LogP contribution in [0, 0.1) is 11.8 Å². The van der Waals surface area contributed by atoms with Crippen molar-refractivity contribution in [2.75, 3.05) is 26.9 Å². The topological polar surface area (TPSA) is 267 Å². The van der Waals surface area contributed by atoms with Crippen molar-refractivity contribution in [1.82, 2.24) is 9.55 Å². The van der Waals surface area contributed by atoms with Crippen LogP contribution >= 0.6 is 7.82 Å². The Bertz CT molecular complexity index is 1540. The molecular weight excluding hydrogens is 746 g/mol. The Morgan fingerprint density at radius 1 is 0.926 bits per heavy atom. The van der Waals surface area contributed by atoms with Crippen LogP contribution in [0.25, 0.3) is 0 Å². The standard InChI is InChI=1S/C32H54FN4O16P/c1-17(2)23(34)21(9)52-31(10)26(51-25(39)24(35)18(3)4)32(13-33,53-27(31)37-12-11-22(38)36-28(37)40)14-46-54(43,47-15-44-29(41)49-19(5)6)48-16-45-30(42)50-20(7)8/h11-12,17-21,23-24,26-27H,13-16,34-35H2,1-10H3,(H,36,38,40)/t21?,23?,24?,26-,27+,31+,32+/m0/s1. The first kappa shape index (κ1) is 46.7. The van der Waals surface area contributed by atoms with Crippen molar-refractivity contribution in [2.24, 2.45) is 23.3 Å². The third-order valence-electron chi connectivity index (χ3n) is 8.05. The van der Waals surface area contributed by atoms with E-state index in [0.717, 1.165) is 16.8 Å². The SMILES string of the molecule is CC(C)OC(=O)OCOP(=O)(OCOC(=O)OC(C)C)OC[C@@]1(CF)O[C@@H](n2ccc(=O)[nH]c2=O)[C@](C)(OC(C)C(N)C(C)C)[C@@H]1OC(=O)C(N)C(C)C. The number of hydrogen-bond acceptors (Lipinski definition) is 18. The number of phosphoric ester groups is 1. The second-order valence-electron chi connectivity index (χ2n) is 13.9. The Kier molecular flexibility index (Phi) is 17.3.